The molecule has 3 unspecified atom stereocenters. The third kappa shape index (κ3) is 4.00. The van der Waals surface area contributed by atoms with Gasteiger partial charge in [-0.25, -0.2) is 4.98 Å². The number of rotatable bonds is 6. The van der Waals surface area contributed by atoms with Crippen LogP contribution in [0.2, 0.25) is 0 Å². The molecule has 0 amide bonds. The van der Waals surface area contributed by atoms with Crippen LogP contribution in [0.25, 0.3) is 0 Å². The highest BCUT2D eigenvalue weighted by molar-refractivity contribution is 7.09. The van der Waals surface area contributed by atoms with Crippen molar-refractivity contribution in [1.82, 2.24) is 15.6 Å². The van der Waals surface area contributed by atoms with Gasteiger partial charge in [0.2, 0.25) is 0 Å². The normalized spacial score (nSPS) is 27.4. The second kappa shape index (κ2) is 7.44. The molecule has 5 heteroatoms. The number of fused-ring (bicyclic) bond motifs is 2. The van der Waals surface area contributed by atoms with E-state index in [1.165, 1.54) is 37.8 Å². The van der Waals surface area contributed by atoms with E-state index in [9.17, 15) is 0 Å². The number of thiazole rings is 1. The smallest absolute Gasteiger partial charge is 0.190 e. The highest BCUT2D eigenvalue weighted by Gasteiger charge is 2.38. The van der Waals surface area contributed by atoms with Gasteiger partial charge in [0, 0.05) is 31.9 Å². The average molecular weight is 321 g/mol. The van der Waals surface area contributed by atoms with E-state index < -0.39 is 0 Å². The van der Waals surface area contributed by atoms with E-state index in [1.807, 2.05) is 7.05 Å². The molecular formula is C17H28N4S. The highest BCUT2D eigenvalue weighted by Crippen LogP contribution is 2.49. The molecule has 2 N–H and O–H groups in total. The molecule has 1 heterocycles. The number of nitrogens with one attached hydrogen (secondary N) is 2. The minimum absolute atomic E-state index is 0.886. The van der Waals surface area contributed by atoms with E-state index >= 15 is 0 Å². The standard InChI is InChI=1S/C17H28N4S/c1-12-21-16(11-22-12)6-8-20-17(18-2)19-7-5-15-10-13-3-4-14(15)9-13/h11,13-15H,3-10H2,1-2H3,(H2,18,19,20). The third-order valence-corrected chi connectivity index (χ3v) is 6.08. The van der Waals surface area contributed by atoms with Crippen molar-refractivity contribution >= 4 is 17.3 Å². The summed E-state index contributed by atoms with van der Waals surface area (Å²) in [6.45, 7) is 3.98. The summed E-state index contributed by atoms with van der Waals surface area (Å²) in [5, 5.41) is 10.1. The summed E-state index contributed by atoms with van der Waals surface area (Å²) in [6, 6.07) is 0. The van der Waals surface area contributed by atoms with Crippen molar-refractivity contribution in [3.63, 3.8) is 0 Å². The molecule has 0 aromatic carbocycles. The second-order valence-electron chi connectivity index (χ2n) is 6.76. The molecule has 1 aromatic rings. The SMILES string of the molecule is CN=C(NCCc1csc(C)n1)NCCC1CC2CCC1C2. The lowest BCUT2D eigenvalue weighted by Crippen LogP contribution is -2.39. The van der Waals surface area contributed by atoms with Gasteiger partial charge >= 0.3 is 0 Å². The number of guanidine groups is 1. The van der Waals surface area contributed by atoms with Crippen molar-refractivity contribution in [2.45, 2.75) is 45.4 Å². The van der Waals surface area contributed by atoms with Crippen LogP contribution in [0.4, 0.5) is 0 Å². The summed E-state index contributed by atoms with van der Waals surface area (Å²) >= 11 is 1.72. The maximum Gasteiger partial charge on any atom is 0.190 e. The molecule has 3 rings (SSSR count). The first-order chi connectivity index (χ1) is 10.7. The van der Waals surface area contributed by atoms with Crippen LogP contribution in [0.1, 0.15) is 42.8 Å². The summed E-state index contributed by atoms with van der Waals surface area (Å²) in [5.41, 5.74) is 1.17. The Morgan fingerprint density at radius 2 is 2.18 bits per heavy atom. The Labute approximate surface area is 137 Å². The van der Waals surface area contributed by atoms with E-state index in [0.29, 0.717) is 0 Å². The molecule has 0 spiro atoms. The topological polar surface area (TPSA) is 49.3 Å². The molecule has 0 saturated heterocycles. The van der Waals surface area contributed by atoms with Gasteiger partial charge in [-0.05, 0) is 50.4 Å². The van der Waals surface area contributed by atoms with Crippen LogP contribution in [-0.4, -0.2) is 31.1 Å². The van der Waals surface area contributed by atoms with Crippen LogP contribution in [0.3, 0.4) is 0 Å². The molecule has 4 nitrogen and oxygen atoms in total. The third-order valence-electron chi connectivity index (χ3n) is 5.26. The number of aryl methyl sites for hydroxylation is 1. The average Bonchev–Trinajstić information content (AvgIpc) is 3.22. The molecule has 3 atom stereocenters. The van der Waals surface area contributed by atoms with Crippen LogP contribution >= 0.6 is 11.3 Å². The number of aromatic nitrogens is 1. The van der Waals surface area contributed by atoms with Gasteiger partial charge < -0.3 is 10.6 Å². The fraction of sp³-hybridized carbons (Fsp3) is 0.765. The first kappa shape index (κ1) is 15.8. The van der Waals surface area contributed by atoms with Crippen molar-refractivity contribution < 1.29 is 0 Å². The monoisotopic (exact) mass is 320 g/mol. The lowest BCUT2D eigenvalue weighted by atomic mass is 9.86. The van der Waals surface area contributed by atoms with Crippen LogP contribution in [0.5, 0.6) is 0 Å². The van der Waals surface area contributed by atoms with E-state index in [0.717, 1.165) is 48.2 Å². The Kier molecular flexibility index (Phi) is 5.34. The fourth-order valence-electron chi connectivity index (χ4n) is 4.16. The number of hydrogen-bond acceptors (Lipinski definition) is 3. The fourth-order valence-corrected chi connectivity index (χ4v) is 4.81. The van der Waals surface area contributed by atoms with Gasteiger partial charge in [-0.15, -0.1) is 11.3 Å². The first-order valence-electron chi connectivity index (χ1n) is 8.60. The van der Waals surface area contributed by atoms with E-state index in [4.69, 9.17) is 0 Å². The number of hydrogen-bond donors (Lipinski definition) is 2. The number of nitrogens with zero attached hydrogens (tertiary/aromatic N) is 2. The summed E-state index contributed by atoms with van der Waals surface area (Å²) in [7, 11) is 1.85. The quantitative estimate of drug-likeness (QED) is 0.626. The van der Waals surface area contributed by atoms with Gasteiger partial charge in [-0.3, -0.25) is 4.99 Å². The summed E-state index contributed by atoms with van der Waals surface area (Å²) in [4.78, 5) is 8.80. The maximum absolute atomic E-state index is 4.49. The Balaban J connectivity index is 1.32. The van der Waals surface area contributed by atoms with Crippen LogP contribution in [-0.2, 0) is 6.42 Å². The zero-order chi connectivity index (χ0) is 15.4. The molecule has 22 heavy (non-hydrogen) atoms. The first-order valence-corrected chi connectivity index (χ1v) is 9.48. The Bertz CT molecular complexity index is 511. The molecule has 122 valence electrons. The molecule has 2 saturated carbocycles. The van der Waals surface area contributed by atoms with Crippen LogP contribution < -0.4 is 10.6 Å². The predicted molar refractivity (Wildman–Crippen MR) is 93.5 cm³/mol. The van der Waals surface area contributed by atoms with Crippen LogP contribution in [0.15, 0.2) is 10.4 Å². The summed E-state index contributed by atoms with van der Waals surface area (Å²) in [5.74, 6) is 3.96. The summed E-state index contributed by atoms with van der Waals surface area (Å²) in [6.07, 6.45) is 8.21. The largest absolute Gasteiger partial charge is 0.356 e. The lowest BCUT2D eigenvalue weighted by molar-refractivity contribution is 0.315. The molecule has 2 aliphatic carbocycles. The van der Waals surface area contributed by atoms with E-state index in [2.05, 4.69) is 32.9 Å². The molecule has 0 radical (unpaired) electrons. The highest BCUT2D eigenvalue weighted by atomic mass is 32.1. The van der Waals surface area contributed by atoms with Crippen molar-refractivity contribution in [2.24, 2.45) is 22.7 Å². The van der Waals surface area contributed by atoms with Crippen molar-refractivity contribution in [2.75, 3.05) is 20.1 Å². The zero-order valence-electron chi connectivity index (χ0n) is 13.8. The zero-order valence-corrected chi connectivity index (χ0v) is 14.6. The van der Waals surface area contributed by atoms with Crippen molar-refractivity contribution in [3.05, 3.63) is 16.1 Å². The molecule has 1 aromatic heterocycles. The molecule has 0 aliphatic heterocycles. The molecule has 2 aliphatic rings. The van der Waals surface area contributed by atoms with E-state index in [1.54, 1.807) is 11.3 Å². The number of aliphatic imine (C=N–C) groups is 1. The lowest BCUT2D eigenvalue weighted by Gasteiger charge is -2.22. The minimum atomic E-state index is 0.886. The molecule has 2 bridgehead atoms. The Hall–Kier alpha value is -1.10. The molecular weight excluding hydrogens is 292 g/mol. The van der Waals surface area contributed by atoms with Crippen molar-refractivity contribution in [3.8, 4) is 0 Å². The maximum atomic E-state index is 4.49. The van der Waals surface area contributed by atoms with Crippen LogP contribution in [0, 0.1) is 24.7 Å². The Morgan fingerprint density at radius 3 is 2.82 bits per heavy atom. The second-order valence-corrected chi connectivity index (χ2v) is 7.82. The summed E-state index contributed by atoms with van der Waals surface area (Å²) < 4.78 is 0. The Morgan fingerprint density at radius 1 is 1.32 bits per heavy atom. The van der Waals surface area contributed by atoms with Gasteiger partial charge in [-0.1, -0.05) is 6.42 Å². The predicted octanol–water partition coefficient (Wildman–Crippen LogP) is 2.99. The van der Waals surface area contributed by atoms with Gasteiger partial charge in [0.05, 0.1) is 10.7 Å². The van der Waals surface area contributed by atoms with Crippen molar-refractivity contribution in [1.29, 1.82) is 0 Å². The van der Waals surface area contributed by atoms with E-state index in [-0.39, 0.29) is 0 Å². The minimum Gasteiger partial charge on any atom is -0.356 e. The van der Waals surface area contributed by atoms with Gasteiger partial charge in [0.25, 0.3) is 0 Å². The van der Waals surface area contributed by atoms with Gasteiger partial charge in [0.1, 0.15) is 0 Å². The molecule has 2 fully saturated rings. The van der Waals surface area contributed by atoms with Gasteiger partial charge in [0.15, 0.2) is 5.96 Å². The van der Waals surface area contributed by atoms with Gasteiger partial charge in [-0.2, -0.15) is 0 Å².